The second-order valence-corrected chi connectivity index (χ2v) is 10.6. The molecule has 3 rings (SSSR count). The van der Waals surface area contributed by atoms with Crippen molar-refractivity contribution in [3.05, 3.63) is 71.3 Å². The van der Waals surface area contributed by atoms with Crippen molar-refractivity contribution >= 4 is 21.6 Å². The van der Waals surface area contributed by atoms with Crippen LogP contribution >= 0.6 is 0 Å². The first-order valence-electron chi connectivity index (χ1n) is 11.9. The van der Waals surface area contributed by atoms with E-state index >= 15 is 0 Å². The van der Waals surface area contributed by atoms with Crippen LogP contribution in [0.15, 0.2) is 59.5 Å². The van der Waals surface area contributed by atoms with Gasteiger partial charge >= 0.3 is 0 Å². The van der Waals surface area contributed by atoms with Crippen LogP contribution in [0.3, 0.4) is 0 Å². The Balaban J connectivity index is 2.05. The molecule has 3 aromatic rings. The number of ether oxygens (including phenoxy) is 4. The molecule has 0 aliphatic heterocycles. The Hall–Kier alpha value is -3.92. The number of carbonyl (C=O) groups is 1. The number of aryl methyl sites for hydroxylation is 2. The molecule has 10 heteroatoms. The van der Waals surface area contributed by atoms with Crippen LogP contribution in [0.25, 0.3) is 0 Å². The van der Waals surface area contributed by atoms with E-state index in [2.05, 4.69) is 5.32 Å². The number of rotatable bonds is 11. The Morgan fingerprint density at radius 2 is 1.47 bits per heavy atom. The van der Waals surface area contributed by atoms with Crippen LogP contribution in [0.4, 0.5) is 5.69 Å². The summed E-state index contributed by atoms with van der Waals surface area (Å²) in [5.74, 6) is 0.766. The van der Waals surface area contributed by atoms with Crippen molar-refractivity contribution in [3.8, 4) is 23.0 Å². The zero-order valence-electron chi connectivity index (χ0n) is 22.7. The highest BCUT2D eigenvalue weighted by Crippen LogP contribution is 2.37. The molecule has 1 amide bonds. The number of hydrogen-bond acceptors (Lipinski definition) is 7. The van der Waals surface area contributed by atoms with E-state index in [-0.39, 0.29) is 28.1 Å². The molecule has 0 radical (unpaired) electrons. The highest BCUT2D eigenvalue weighted by Gasteiger charge is 2.31. The number of methoxy groups -OCH3 is 4. The first-order valence-corrected chi connectivity index (χ1v) is 13.3. The first-order chi connectivity index (χ1) is 18.0. The molecule has 0 aliphatic rings. The molecule has 0 saturated carbocycles. The predicted molar refractivity (Wildman–Crippen MR) is 146 cm³/mol. The van der Waals surface area contributed by atoms with E-state index in [1.165, 1.54) is 52.7 Å². The molecule has 0 aliphatic carbocycles. The lowest BCUT2D eigenvalue weighted by atomic mass is 10.0. The summed E-state index contributed by atoms with van der Waals surface area (Å²) >= 11 is 0. The molecular formula is C28H34N2O7S. The minimum atomic E-state index is -4.28. The average Bonchev–Trinajstić information content (AvgIpc) is 2.92. The molecule has 3 aromatic carbocycles. The Morgan fingerprint density at radius 1 is 0.816 bits per heavy atom. The topological polar surface area (TPSA) is 103 Å². The summed E-state index contributed by atoms with van der Waals surface area (Å²) in [7, 11) is 1.49. The Labute approximate surface area is 224 Å². The quantitative estimate of drug-likeness (QED) is 0.383. The first kappa shape index (κ1) is 28.6. The highest BCUT2D eigenvalue weighted by atomic mass is 32.2. The SMILES string of the molecule is COc1ccc(OC)c(N(CC(=O)NC(C)c2ccc(C)c(C)c2)S(=O)(=O)c2ccc(OC)c(OC)c2)c1. The van der Waals surface area contributed by atoms with E-state index < -0.39 is 22.5 Å². The number of carbonyl (C=O) groups excluding carboxylic acids is 1. The van der Waals surface area contributed by atoms with E-state index in [0.29, 0.717) is 11.5 Å². The summed E-state index contributed by atoms with van der Waals surface area (Å²) in [6.07, 6.45) is 0. The number of hydrogen-bond donors (Lipinski definition) is 1. The second kappa shape index (κ2) is 12.1. The van der Waals surface area contributed by atoms with Crippen LogP contribution in [-0.4, -0.2) is 49.3 Å². The Kier molecular flexibility index (Phi) is 9.11. The van der Waals surface area contributed by atoms with Crippen molar-refractivity contribution in [1.82, 2.24) is 5.32 Å². The van der Waals surface area contributed by atoms with Crippen LogP contribution in [0, 0.1) is 13.8 Å². The molecule has 9 nitrogen and oxygen atoms in total. The Bertz CT molecular complexity index is 1410. The molecule has 0 heterocycles. The van der Waals surface area contributed by atoms with Crippen molar-refractivity contribution in [3.63, 3.8) is 0 Å². The van der Waals surface area contributed by atoms with E-state index in [1.54, 1.807) is 12.1 Å². The summed E-state index contributed by atoms with van der Waals surface area (Å²) < 4.78 is 50.3. The fourth-order valence-electron chi connectivity index (χ4n) is 3.93. The van der Waals surface area contributed by atoms with Gasteiger partial charge < -0.3 is 24.3 Å². The number of amides is 1. The summed E-state index contributed by atoms with van der Waals surface area (Å²) in [4.78, 5) is 13.2. The maximum absolute atomic E-state index is 14.0. The third-order valence-electron chi connectivity index (χ3n) is 6.29. The number of sulfonamides is 1. The summed E-state index contributed by atoms with van der Waals surface area (Å²) in [5, 5.41) is 2.91. The van der Waals surface area contributed by atoms with Crippen LogP contribution < -0.4 is 28.6 Å². The smallest absolute Gasteiger partial charge is 0.265 e. The standard InChI is InChI=1S/C28H34N2O7S/c1-18-8-9-21(14-19(18)2)20(3)29-28(31)17-30(24-15-22(34-4)10-12-25(24)35-5)38(32,33)23-11-13-26(36-6)27(16-23)37-7/h8-16,20H,17H2,1-7H3,(H,29,31). The zero-order valence-corrected chi connectivity index (χ0v) is 23.5. The van der Waals surface area contributed by atoms with E-state index in [0.717, 1.165) is 21.0 Å². The van der Waals surface area contributed by atoms with Crippen LogP contribution in [0.1, 0.15) is 29.7 Å². The van der Waals surface area contributed by atoms with Gasteiger partial charge in [0.2, 0.25) is 5.91 Å². The van der Waals surface area contributed by atoms with Gasteiger partial charge in [0.25, 0.3) is 10.0 Å². The van der Waals surface area contributed by atoms with Gasteiger partial charge in [0.05, 0.1) is 45.1 Å². The van der Waals surface area contributed by atoms with E-state index in [4.69, 9.17) is 18.9 Å². The normalized spacial score (nSPS) is 11.9. The Morgan fingerprint density at radius 3 is 2.08 bits per heavy atom. The number of benzene rings is 3. The molecule has 1 N–H and O–H groups in total. The van der Waals surface area contributed by atoms with Crippen LogP contribution in [0.2, 0.25) is 0 Å². The average molecular weight is 543 g/mol. The van der Waals surface area contributed by atoms with Crippen molar-refractivity contribution in [1.29, 1.82) is 0 Å². The molecule has 0 saturated heterocycles. The van der Waals surface area contributed by atoms with Crippen LogP contribution in [0.5, 0.6) is 23.0 Å². The van der Waals surface area contributed by atoms with E-state index in [9.17, 15) is 13.2 Å². The second-order valence-electron chi connectivity index (χ2n) is 8.70. The van der Waals surface area contributed by atoms with Gasteiger partial charge in [-0.15, -0.1) is 0 Å². The number of anilines is 1. The predicted octanol–water partition coefficient (Wildman–Crippen LogP) is 4.41. The lowest BCUT2D eigenvalue weighted by Gasteiger charge is -2.27. The third-order valence-corrected chi connectivity index (χ3v) is 8.05. The number of nitrogens with zero attached hydrogens (tertiary/aromatic N) is 1. The number of nitrogens with one attached hydrogen (secondary N) is 1. The molecule has 204 valence electrons. The fourth-order valence-corrected chi connectivity index (χ4v) is 5.37. The summed E-state index contributed by atoms with van der Waals surface area (Å²) in [6.45, 7) is 5.36. The molecule has 1 unspecified atom stereocenters. The monoisotopic (exact) mass is 542 g/mol. The van der Waals surface area contributed by atoms with Crippen molar-refractivity contribution in [2.24, 2.45) is 0 Å². The molecular weight excluding hydrogens is 508 g/mol. The molecule has 38 heavy (non-hydrogen) atoms. The molecule has 0 aromatic heterocycles. The van der Waals surface area contributed by atoms with Crippen molar-refractivity contribution in [2.75, 3.05) is 39.3 Å². The van der Waals surface area contributed by atoms with E-state index in [1.807, 2.05) is 39.0 Å². The molecule has 0 spiro atoms. The van der Waals surface area contributed by atoms with Gasteiger partial charge in [0.1, 0.15) is 18.0 Å². The minimum absolute atomic E-state index is 0.0879. The summed E-state index contributed by atoms with van der Waals surface area (Å²) in [6, 6.07) is 14.6. The lowest BCUT2D eigenvalue weighted by molar-refractivity contribution is -0.120. The largest absolute Gasteiger partial charge is 0.497 e. The van der Waals surface area contributed by atoms with Gasteiger partial charge in [-0.3, -0.25) is 9.10 Å². The van der Waals surface area contributed by atoms with Gasteiger partial charge in [-0.1, -0.05) is 18.2 Å². The maximum atomic E-state index is 14.0. The minimum Gasteiger partial charge on any atom is -0.497 e. The molecule has 0 fully saturated rings. The maximum Gasteiger partial charge on any atom is 0.265 e. The van der Waals surface area contributed by atoms with Crippen molar-refractivity contribution in [2.45, 2.75) is 31.7 Å². The van der Waals surface area contributed by atoms with Gasteiger partial charge in [-0.05, 0) is 61.7 Å². The third kappa shape index (κ3) is 6.13. The summed E-state index contributed by atoms with van der Waals surface area (Å²) in [5.41, 5.74) is 3.30. The molecule has 1 atom stereocenters. The highest BCUT2D eigenvalue weighted by molar-refractivity contribution is 7.92. The zero-order chi connectivity index (χ0) is 28.0. The lowest BCUT2D eigenvalue weighted by Crippen LogP contribution is -2.41. The van der Waals surface area contributed by atoms with Gasteiger partial charge in [-0.25, -0.2) is 8.42 Å². The van der Waals surface area contributed by atoms with Gasteiger partial charge in [-0.2, -0.15) is 0 Å². The van der Waals surface area contributed by atoms with Gasteiger partial charge in [0.15, 0.2) is 11.5 Å². The van der Waals surface area contributed by atoms with Gasteiger partial charge in [0, 0.05) is 12.1 Å². The fraction of sp³-hybridized carbons (Fsp3) is 0.321. The van der Waals surface area contributed by atoms with Crippen molar-refractivity contribution < 1.29 is 32.2 Å². The molecule has 0 bridgehead atoms. The van der Waals surface area contributed by atoms with Crippen LogP contribution in [-0.2, 0) is 14.8 Å².